The monoisotopic (exact) mass is 507 g/mol. The van der Waals surface area contributed by atoms with E-state index in [0.717, 1.165) is 38.0 Å². The zero-order chi connectivity index (χ0) is 24.1. The van der Waals surface area contributed by atoms with E-state index in [-0.39, 0.29) is 10.8 Å². The fourth-order valence-corrected chi connectivity index (χ4v) is 5.77. The normalized spacial score (nSPS) is 18.4. The maximum Gasteiger partial charge on any atom is 0.265 e. The van der Waals surface area contributed by atoms with Crippen molar-refractivity contribution in [2.45, 2.75) is 37.2 Å². The summed E-state index contributed by atoms with van der Waals surface area (Å²) < 4.78 is 38.9. The predicted octanol–water partition coefficient (Wildman–Crippen LogP) is 3.76. The van der Waals surface area contributed by atoms with E-state index in [9.17, 15) is 13.2 Å². The lowest BCUT2D eigenvalue weighted by Crippen LogP contribution is -2.40. The van der Waals surface area contributed by atoms with Gasteiger partial charge < -0.3 is 19.7 Å². The van der Waals surface area contributed by atoms with Gasteiger partial charge in [-0.25, -0.2) is 8.42 Å². The van der Waals surface area contributed by atoms with Gasteiger partial charge in [0.25, 0.3) is 5.91 Å². The lowest BCUT2D eigenvalue weighted by Gasteiger charge is -2.31. The first-order valence-electron chi connectivity index (χ1n) is 11.5. The van der Waals surface area contributed by atoms with Crippen molar-refractivity contribution >= 4 is 38.9 Å². The fourth-order valence-electron chi connectivity index (χ4n) is 4.15. The zero-order valence-corrected chi connectivity index (χ0v) is 20.8. The molecule has 2 heterocycles. The number of sulfonamides is 1. The van der Waals surface area contributed by atoms with Gasteiger partial charge >= 0.3 is 0 Å². The Bertz CT molecular complexity index is 1120. The third kappa shape index (κ3) is 5.83. The minimum absolute atomic E-state index is 0.147. The number of carbonyl (C=O) groups excluding carboxylic acids is 1. The van der Waals surface area contributed by atoms with Gasteiger partial charge in [0.15, 0.2) is 6.10 Å². The number of hydrogen-bond acceptors (Lipinski definition) is 6. The number of piperidine rings is 1. The number of benzene rings is 2. The molecule has 0 aromatic heterocycles. The Morgan fingerprint density at radius 2 is 1.79 bits per heavy atom. The van der Waals surface area contributed by atoms with Gasteiger partial charge in [-0.3, -0.25) is 4.79 Å². The fraction of sp³-hybridized carbons (Fsp3) is 0.458. The number of anilines is 2. The molecule has 10 heteroatoms. The van der Waals surface area contributed by atoms with Crippen LogP contribution >= 0.6 is 11.6 Å². The molecule has 0 radical (unpaired) electrons. The van der Waals surface area contributed by atoms with Crippen LogP contribution in [0.5, 0.6) is 5.75 Å². The highest BCUT2D eigenvalue weighted by Crippen LogP contribution is 2.32. The van der Waals surface area contributed by atoms with Gasteiger partial charge in [-0.1, -0.05) is 17.7 Å². The number of nitrogens with one attached hydrogen (secondary N) is 1. The second-order valence-electron chi connectivity index (χ2n) is 8.45. The molecule has 184 valence electrons. The number of carbonyl (C=O) groups is 1. The summed E-state index contributed by atoms with van der Waals surface area (Å²) in [6, 6.07) is 11.8. The summed E-state index contributed by atoms with van der Waals surface area (Å²) >= 11 is 6.01. The van der Waals surface area contributed by atoms with Crippen molar-refractivity contribution in [2.24, 2.45) is 0 Å². The molecular formula is C24H30ClN3O5S. The Labute approximate surface area is 205 Å². The third-order valence-corrected chi connectivity index (χ3v) is 8.14. The van der Waals surface area contributed by atoms with Gasteiger partial charge in [0, 0.05) is 31.2 Å². The summed E-state index contributed by atoms with van der Waals surface area (Å²) in [7, 11) is -3.70. The number of amides is 1. The summed E-state index contributed by atoms with van der Waals surface area (Å²) in [5, 5.41) is 3.42. The molecule has 2 aromatic carbocycles. The van der Waals surface area contributed by atoms with Crippen LogP contribution in [0.25, 0.3) is 0 Å². The zero-order valence-electron chi connectivity index (χ0n) is 19.2. The molecule has 1 amide bonds. The quantitative estimate of drug-likeness (QED) is 0.614. The maximum atomic E-state index is 13.2. The van der Waals surface area contributed by atoms with Crippen LogP contribution in [-0.4, -0.2) is 64.1 Å². The molecule has 2 saturated heterocycles. The van der Waals surface area contributed by atoms with Crippen LogP contribution in [0.2, 0.25) is 5.02 Å². The molecule has 2 aromatic rings. The summed E-state index contributed by atoms with van der Waals surface area (Å²) in [6.45, 7) is 4.70. The largest absolute Gasteiger partial charge is 0.481 e. The Morgan fingerprint density at radius 3 is 2.50 bits per heavy atom. The van der Waals surface area contributed by atoms with E-state index in [4.69, 9.17) is 21.1 Å². The van der Waals surface area contributed by atoms with E-state index in [2.05, 4.69) is 10.2 Å². The molecule has 0 unspecified atom stereocenters. The van der Waals surface area contributed by atoms with Crippen molar-refractivity contribution in [2.75, 3.05) is 49.6 Å². The Kier molecular flexibility index (Phi) is 7.98. The molecule has 1 N–H and O–H groups in total. The number of ether oxygens (including phenoxy) is 2. The molecule has 2 fully saturated rings. The molecule has 2 aliphatic rings. The van der Waals surface area contributed by atoms with Gasteiger partial charge in [0.1, 0.15) is 5.75 Å². The molecule has 0 spiro atoms. The van der Waals surface area contributed by atoms with Crippen molar-refractivity contribution in [1.82, 2.24) is 4.31 Å². The average molecular weight is 508 g/mol. The van der Waals surface area contributed by atoms with Gasteiger partial charge in [-0.15, -0.1) is 0 Å². The van der Waals surface area contributed by atoms with Gasteiger partial charge in [-0.2, -0.15) is 4.31 Å². The Balaban J connectivity index is 1.59. The van der Waals surface area contributed by atoms with E-state index in [1.165, 1.54) is 4.31 Å². The lowest BCUT2D eigenvalue weighted by atomic mass is 10.1. The lowest BCUT2D eigenvalue weighted by molar-refractivity contribution is -0.122. The van der Waals surface area contributed by atoms with E-state index in [1.807, 2.05) is 0 Å². The topological polar surface area (TPSA) is 88.2 Å². The van der Waals surface area contributed by atoms with E-state index < -0.39 is 16.1 Å². The number of hydrogen-bond donors (Lipinski definition) is 1. The smallest absolute Gasteiger partial charge is 0.265 e. The Morgan fingerprint density at radius 1 is 1.06 bits per heavy atom. The van der Waals surface area contributed by atoms with Crippen LogP contribution in [0.15, 0.2) is 47.4 Å². The first-order valence-corrected chi connectivity index (χ1v) is 13.4. The predicted molar refractivity (Wildman–Crippen MR) is 132 cm³/mol. The highest BCUT2D eigenvalue weighted by molar-refractivity contribution is 7.89. The van der Waals surface area contributed by atoms with Crippen LogP contribution in [-0.2, 0) is 19.6 Å². The van der Waals surface area contributed by atoms with Gasteiger partial charge in [-0.05, 0) is 62.6 Å². The first kappa shape index (κ1) is 24.8. The van der Waals surface area contributed by atoms with Crippen molar-refractivity contribution in [3.8, 4) is 5.75 Å². The van der Waals surface area contributed by atoms with Gasteiger partial charge in [0.05, 0.1) is 29.5 Å². The molecule has 2 aliphatic heterocycles. The second kappa shape index (κ2) is 10.9. The van der Waals surface area contributed by atoms with Crippen LogP contribution in [0.1, 0.15) is 26.2 Å². The summed E-state index contributed by atoms with van der Waals surface area (Å²) in [6.07, 6.45) is 2.45. The van der Waals surface area contributed by atoms with Crippen molar-refractivity contribution in [1.29, 1.82) is 0 Å². The molecule has 8 nitrogen and oxygen atoms in total. The maximum absolute atomic E-state index is 13.2. The molecule has 1 atom stereocenters. The molecule has 4 rings (SSSR count). The highest BCUT2D eigenvalue weighted by Gasteiger charge is 2.28. The number of rotatable bonds is 7. The van der Waals surface area contributed by atoms with Crippen molar-refractivity contribution < 1.29 is 22.7 Å². The number of halogens is 1. The van der Waals surface area contributed by atoms with E-state index >= 15 is 0 Å². The summed E-state index contributed by atoms with van der Waals surface area (Å²) in [4.78, 5) is 15.4. The molecule has 34 heavy (non-hydrogen) atoms. The van der Waals surface area contributed by atoms with Crippen LogP contribution in [0.4, 0.5) is 11.4 Å². The molecule has 0 aliphatic carbocycles. The number of nitrogens with zero attached hydrogens (tertiary/aromatic N) is 2. The first-order chi connectivity index (χ1) is 16.3. The van der Waals surface area contributed by atoms with Crippen molar-refractivity contribution in [3.63, 3.8) is 0 Å². The Hall–Kier alpha value is -2.33. The summed E-state index contributed by atoms with van der Waals surface area (Å²) in [5.74, 6) is 0.106. The second-order valence-corrected chi connectivity index (χ2v) is 10.8. The third-order valence-electron chi connectivity index (χ3n) is 6.01. The van der Waals surface area contributed by atoms with E-state index in [0.29, 0.717) is 42.8 Å². The summed E-state index contributed by atoms with van der Waals surface area (Å²) in [5.41, 5.74) is 1.27. The number of morpholine rings is 1. The minimum Gasteiger partial charge on any atom is -0.481 e. The standard InChI is InChI=1S/C24H30ClN3O5S/c1-18(33-20-7-5-6-19(25)16-20)24(29)26-22-17-21(34(30,31)28-12-14-32-15-13-28)8-9-23(22)27-10-3-2-4-11-27/h5-9,16-18H,2-4,10-15H2,1H3,(H,26,29)/t18-/m0/s1. The van der Waals surface area contributed by atoms with Crippen LogP contribution < -0.4 is 15.0 Å². The highest BCUT2D eigenvalue weighted by atomic mass is 35.5. The van der Waals surface area contributed by atoms with Gasteiger partial charge in [0.2, 0.25) is 10.0 Å². The molecule has 0 bridgehead atoms. The molecule has 0 saturated carbocycles. The SMILES string of the molecule is C[C@H](Oc1cccc(Cl)c1)C(=O)Nc1cc(S(=O)(=O)N2CCOCC2)ccc1N1CCCCC1. The van der Waals surface area contributed by atoms with Crippen molar-refractivity contribution in [3.05, 3.63) is 47.5 Å². The van der Waals surface area contributed by atoms with Crippen LogP contribution in [0, 0.1) is 0 Å². The minimum atomic E-state index is -3.70. The van der Waals surface area contributed by atoms with Crippen LogP contribution in [0.3, 0.4) is 0 Å². The molecular weight excluding hydrogens is 478 g/mol. The average Bonchev–Trinajstić information content (AvgIpc) is 2.85. The van der Waals surface area contributed by atoms with E-state index in [1.54, 1.807) is 49.4 Å².